The lowest BCUT2D eigenvalue weighted by atomic mass is 9.99. The van der Waals surface area contributed by atoms with Crippen molar-refractivity contribution < 1.29 is 36.6 Å². The lowest BCUT2D eigenvalue weighted by Crippen LogP contribution is -2.53. The van der Waals surface area contributed by atoms with Crippen LogP contribution in [0.1, 0.15) is 47.2 Å². The summed E-state index contributed by atoms with van der Waals surface area (Å²) in [5, 5.41) is 3.36. The number of nitrogens with one attached hydrogen (secondary N) is 1. The zero-order valence-corrected chi connectivity index (χ0v) is 30.1. The number of morpholine rings is 1. The fourth-order valence-corrected chi connectivity index (χ4v) is 7.57. The third-order valence-corrected chi connectivity index (χ3v) is 10.4. The Bertz CT molecular complexity index is 2380. The zero-order chi connectivity index (χ0) is 39.0. The molecule has 0 unspecified atom stereocenters. The monoisotopic (exact) mass is 762 g/mol. The van der Waals surface area contributed by atoms with Crippen molar-refractivity contribution in [1.82, 2.24) is 24.4 Å². The largest absolute Gasteiger partial charge is 0.464 e. The number of ether oxygens (including phenoxy) is 2. The summed E-state index contributed by atoms with van der Waals surface area (Å²) in [4.78, 5) is 64.3. The van der Waals surface area contributed by atoms with Gasteiger partial charge >= 0.3 is 17.8 Å². The van der Waals surface area contributed by atoms with Crippen molar-refractivity contribution in [2.24, 2.45) is 13.0 Å². The van der Waals surface area contributed by atoms with E-state index in [9.17, 15) is 32.3 Å². The van der Waals surface area contributed by atoms with Gasteiger partial charge in [-0.1, -0.05) is 25.0 Å². The van der Waals surface area contributed by atoms with E-state index in [1.807, 2.05) is 0 Å². The van der Waals surface area contributed by atoms with Crippen LogP contribution in [-0.2, 0) is 27.7 Å². The molecule has 0 bridgehead atoms. The number of pyridine rings is 2. The molecule has 1 saturated carbocycles. The Kier molecular flexibility index (Phi) is 10.4. The van der Waals surface area contributed by atoms with Crippen molar-refractivity contribution in [2.45, 2.75) is 57.3 Å². The number of carbonyl (C=O) groups excluding carboxylic acids is 2. The number of halogens is 4. The number of alkyl halides is 3. The Morgan fingerprint density at radius 3 is 2.60 bits per heavy atom. The van der Waals surface area contributed by atoms with E-state index in [0.717, 1.165) is 41.2 Å². The predicted molar refractivity (Wildman–Crippen MR) is 195 cm³/mol. The van der Waals surface area contributed by atoms with Crippen molar-refractivity contribution in [3.8, 4) is 5.69 Å². The van der Waals surface area contributed by atoms with Crippen molar-refractivity contribution >= 4 is 39.4 Å². The van der Waals surface area contributed by atoms with Crippen LogP contribution in [0.15, 0.2) is 70.6 Å². The molecule has 16 heteroatoms. The van der Waals surface area contributed by atoms with Crippen molar-refractivity contribution in [1.29, 1.82) is 0 Å². The van der Waals surface area contributed by atoms with Crippen LogP contribution >= 0.6 is 0 Å². The van der Waals surface area contributed by atoms with Gasteiger partial charge < -0.3 is 19.7 Å². The molecule has 2 fully saturated rings. The Labute approximate surface area is 311 Å². The second-order valence-corrected chi connectivity index (χ2v) is 14.0. The van der Waals surface area contributed by atoms with E-state index < -0.39 is 59.4 Å². The predicted octanol–water partition coefficient (Wildman–Crippen LogP) is 4.92. The van der Waals surface area contributed by atoms with Crippen molar-refractivity contribution in [2.75, 3.05) is 31.3 Å². The number of fused-ring (bicyclic) bond motifs is 2. The maximum atomic E-state index is 15.8. The van der Waals surface area contributed by atoms with Gasteiger partial charge in [0.2, 0.25) is 0 Å². The molecule has 55 heavy (non-hydrogen) atoms. The molecule has 4 heterocycles. The maximum Gasteiger partial charge on any atom is 0.411 e. The minimum Gasteiger partial charge on any atom is -0.464 e. The van der Waals surface area contributed by atoms with E-state index >= 15 is 4.39 Å². The summed E-state index contributed by atoms with van der Waals surface area (Å²) in [6, 6.07) is 6.88. The Morgan fingerprint density at radius 2 is 1.85 bits per heavy atom. The number of hydrogen-bond acceptors (Lipinski definition) is 9. The first kappa shape index (κ1) is 37.7. The van der Waals surface area contributed by atoms with Gasteiger partial charge in [-0.15, -0.1) is 0 Å². The standard InChI is InChI=1S/C39H38F4N6O6/c1-22-16-25(48-14-15-54-21-32(48)39(41,42)43)18-28(40)33(22)35(50)46-29(37(52)55-20-23-6-3-4-7-23)17-24-9-10-30(34-26(24)8-5-12-45-34)49-36(51)27-11-13-44-19-31(27)47(2)38(49)53/h5,8-13,16,18-19,23,29,32H,3-4,6-7,14-15,17,20-21H2,1-2H3,(H,46,50)/t29-,32+/m0/s1. The SMILES string of the molecule is Cc1cc(N2CCOC[C@@H]2C(F)(F)F)cc(F)c1C(=O)N[C@@H](Cc1ccc(-n2c(=O)c3ccncc3n(C)c2=O)c2ncccc12)C(=O)OCC1CCCC1. The number of rotatable bonds is 9. The highest BCUT2D eigenvalue weighted by Gasteiger charge is 2.45. The second-order valence-electron chi connectivity index (χ2n) is 14.0. The normalized spacial score (nSPS) is 17.1. The van der Waals surface area contributed by atoms with Gasteiger partial charge in [0.25, 0.3) is 11.5 Å². The minimum atomic E-state index is -4.64. The van der Waals surface area contributed by atoms with Crippen LogP contribution in [-0.4, -0.2) is 75.6 Å². The van der Waals surface area contributed by atoms with Gasteiger partial charge in [-0.05, 0) is 67.1 Å². The van der Waals surface area contributed by atoms with Gasteiger partial charge in [0.1, 0.15) is 17.9 Å². The lowest BCUT2D eigenvalue weighted by Gasteiger charge is -2.38. The molecular weight excluding hydrogens is 724 g/mol. The summed E-state index contributed by atoms with van der Waals surface area (Å²) in [7, 11) is 1.52. The van der Waals surface area contributed by atoms with Crippen LogP contribution in [0.2, 0.25) is 0 Å². The molecule has 0 spiro atoms. The van der Waals surface area contributed by atoms with Crippen LogP contribution in [0.25, 0.3) is 27.5 Å². The number of anilines is 1. The second kappa shape index (κ2) is 15.2. The highest BCUT2D eigenvalue weighted by molar-refractivity contribution is 5.99. The first-order valence-electron chi connectivity index (χ1n) is 17.9. The molecule has 0 radical (unpaired) electrons. The third kappa shape index (κ3) is 7.42. The third-order valence-electron chi connectivity index (χ3n) is 10.4. The summed E-state index contributed by atoms with van der Waals surface area (Å²) >= 11 is 0. The number of esters is 1. The van der Waals surface area contributed by atoms with Gasteiger partial charge in [-0.2, -0.15) is 13.2 Å². The van der Waals surface area contributed by atoms with Crippen LogP contribution in [0.5, 0.6) is 0 Å². The maximum absolute atomic E-state index is 15.8. The highest BCUT2D eigenvalue weighted by Crippen LogP contribution is 2.33. The van der Waals surface area contributed by atoms with Crippen LogP contribution in [0.4, 0.5) is 23.2 Å². The summed E-state index contributed by atoms with van der Waals surface area (Å²) in [5.41, 5.74) is -0.306. The van der Waals surface area contributed by atoms with Crippen molar-refractivity contribution in [3.05, 3.63) is 104 Å². The number of benzene rings is 2. The van der Waals surface area contributed by atoms with E-state index in [-0.39, 0.29) is 59.9 Å². The van der Waals surface area contributed by atoms with Crippen LogP contribution < -0.4 is 21.5 Å². The van der Waals surface area contributed by atoms with Crippen molar-refractivity contribution in [3.63, 3.8) is 0 Å². The van der Waals surface area contributed by atoms with Gasteiger partial charge in [0.05, 0.1) is 53.7 Å². The van der Waals surface area contributed by atoms with Gasteiger partial charge in [0.15, 0.2) is 0 Å². The molecule has 1 aliphatic heterocycles. The van der Waals surface area contributed by atoms with Crippen LogP contribution in [0, 0.1) is 18.7 Å². The Balaban J connectivity index is 1.23. The van der Waals surface area contributed by atoms with Crippen LogP contribution in [0.3, 0.4) is 0 Å². The summed E-state index contributed by atoms with van der Waals surface area (Å²) < 4.78 is 70.3. The lowest BCUT2D eigenvalue weighted by molar-refractivity contribution is -0.167. The fourth-order valence-electron chi connectivity index (χ4n) is 7.57. The Morgan fingerprint density at radius 1 is 1.07 bits per heavy atom. The molecule has 2 aliphatic rings. The molecule has 1 N–H and O–H groups in total. The Hall–Kier alpha value is -5.64. The summed E-state index contributed by atoms with van der Waals surface area (Å²) in [6.45, 7) is 0.810. The van der Waals surface area contributed by atoms with E-state index in [2.05, 4.69) is 15.3 Å². The number of amides is 1. The number of nitrogens with zero attached hydrogens (tertiary/aromatic N) is 5. The molecule has 1 saturated heterocycles. The smallest absolute Gasteiger partial charge is 0.411 e. The molecule has 7 rings (SSSR count). The quantitative estimate of drug-likeness (QED) is 0.164. The van der Waals surface area contributed by atoms with Gasteiger partial charge in [0, 0.05) is 43.5 Å². The minimum absolute atomic E-state index is 0.0126. The summed E-state index contributed by atoms with van der Waals surface area (Å²) in [5.74, 6) is -2.62. The van der Waals surface area contributed by atoms with E-state index in [0.29, 0.717) is 16.5 Å². The molecule has 2 aromatic carbocycles. The first-order valence-corrected chi connectivity index (χ1v) is 17.9. The average molecular weight is 763 g/mol. The number of aryl methyl sites for hydroxylation is 2. The van der Waals surface area contributed by atoms with E-state index in [1.54, 1.807) is 18.2 Å². The molecule has 12 nitrogen and oxygen atoms in total. The molecule has 5 aromatic rings. The number of aromatic nitrogens is 4. The fraction of sp³-hybridized carbons (Fsp3) is 0.385. The highest BCUT2D eigenvalue weighted by atomic mass is 19.4. The first-order chi connectivity index (χ1) is 26.3. The van der Waals surface area contributed by atoms with Gasteiger partial charge in [-0.25, -0.2) is 18.5 Å². The van der Waals surface area contributed by atoms with E-state index in [1.165, 1.54) is 55.3 Å². The molecule has 288 valence electrons. The molecular formula is C39H38F4N6O6. The topological polar surface area (TPSA) is 138 Å². The average Bonchev–Trinajstić information content (AvgIpc) is 3.70. The molecule has 2 atom stereocenters. The number of carbonyl (C=O) groups is 2. The molecule has 1 aliphatic carbocycles. The zero-order valence-electron chi connectivity index (χ0n) is 30.1. The molecule has 3 aromatic heterocycles. The molecule has 1 amide bonds. The summed E-state index contributed by atoms with van der Waals surface area (Å²) in [6.07, 6.45) is 3.39. The van der Waals surface area contributed by atoms with Gasteiger partial charge in [-0.3, -0.25) is 24.1 Å². The number of hydrogen-bond donors (Lipinski definition) is 1. The van der Waals surface area contributed by atoms with E-state index in [4.69, 9.17) is 9.47 Å².